The summed E-state index contributed by atoms with van der Waals surface area (Å²) in [5.74, 6) is 0.657. The van der Waals surface area contributed by atoms with E-state index in [1.165, 1.54) is 32.4 Å². The molecule has 0 radical (unpaired) electrons. The van der Waals surface area contributed by atoms with Gasteiger partial charge in [0.25, 0.3) is 0 Å². The molecule has 1 heterocycles. The lowest BCUT2D eigenvalue weighted by Gasteiger charge is -2.26. The number of carbonyl (C=O) groups excluding carboxylic acids is 1. The molecule has 1 aliphatic rings. The van der Waals surface area contributed by atoms with Crippen LogP contribution in [0.2, 0.25) is 0 Å². The van der Waals surface area contributed by atoms with Crippen LogP contribution in [0.4, 0.5) is 0 Å². The highest BCUT2D eigenvalue weighted by molar-refractivity contribution is 5.72. The lowest BCUT2D eigenvalue weighted by Crippen LogP contribution is -2.33. The molecule has 0 spiro atoms. The van der Waals surface area contributed by atoms with Gasteiger partial charge in [0.2, 0.25) is 0 Å². The van der Waals surface area contributed by atoms with Gasteiger partial charge in [0.15, 0.2) is 0 Å². The molecule has 128 valence electrons. The molecule has 1 aromatic carbocycles. The van der Waals surface area contributed by atoms with Crippen LogP contribution in [0.15, 0.2) is 24.3 Å². The van der Waals surface area contributed by atoms with Crippen molar-refractivity contribution in [3.8, 4) is 5.75 Å². The van der Waals surface area contributed by atoms with E-state index in [2.05, 4.69) is 4.90 Å². The molecule has 2 rings (SSSR count). The first kappa shape index (κ1) is 17.8. The highest BCUT2D eigenvalue weighted by Gasteiger charge is 2.14. The first-order valence-corrected chi connectivity index (χ1v) is 8.79. The molecular formula is C19H29NO3. The zero-order chi connectivity index (χ0) is 16.5. The third kappa shape index (κ3) is 6.22. The molecule has 1 unspecified atom stereocenters. The Balaban J connectivity index is 1.72. The molecule has 0 bridgehead atoms. The largest absolute Gasteiger partial charge is 0.492 e. The summed E-state index contributed by atoms with van der Waals surface area (Å²) >= 11 is 0. The van der Waals surface area contributed by atoms with E-state index in [9.17, 15) is 4.79 Å². The number of benzene rings is 1. The van der Waals surface area contributed by atoms with E-state index in [-0.39, 0.29) is 11.9 Å². The van der Waals surface area contributed by atoms with E-state index < -0.39 is 0 Å². The van der Waals surface area contributed by atoms with Gasteiger partial charge in [-0.25, -0.2) is 0 Å². The van der Waals surface area contributed by atoms with Gasteiger partial charge in [-0.1, -0.05) is 25.5 Å². The van der Waals surface area contributed by atoms with Gasteiger partial charge in [0.05, 0.1) is 12.5 Å². The Morgan fingerprint density at radius 2 is 1.87 bits per heavy atom. The molecule has 23 heavy (non-hydrogen) atoms. The minimum absolute atomic E-state index is 0.110. The standard InChI is InChI=1S/C19H29NO3/c1-3-22-19(21)16(2)15-17-7-9-18(10-8-17)23-14-13-20-11-5-4-6-12-20/h7-10,16H,3-6,11-15H2,1-2H3. The minimum Gasteiger partial charge on any atom is -0.492 e. The smallest absolute Gasteiger partial charge is 0.308 e. The average Bonchev–Trinajstić information content (AvgIpc) is 2.57. The monoisotopic (exact) mass is 319 g/mol. The number of rotatable bonds is 8. The van der Waals surface area contributed by atoms with Gasteiger partial charge >= 0.3 is 5.97 Å². The van der Waals surface area contributed by atoms with Gasteiger partial charge in [-0.3, -0.25) is 9.69 Å². The van der Waals surface area contributed by atoms with Crippen LogP contribution in [-0.2, 0) is 16.0 Å². The zero-order valence-corrected chi connectivity index (χ0v) is 14.4. The Bertz CT molecular complexity index is 466. The van der Waals surface area contributed by atoms with E-state index in [1.54, 1.807) is 0 Å². The minimum atomic E-state index is -0.130. The molecule has 4 nitrogen and oxygen atoms in total. The Hall–Kier alpha value is -1.55. The fourth-order valence-corrected chi connectivity index (χ4v) is 2.92. The van der Waals surface area contributed by atoms with Crippen LogP contribution in [0.25, 0.3) is 0 Å². The van der Waals surface area contributed by atoms with Crippen molar-refractivity contribution < 1.29 is 14.3 Å². The quantitative estimate of drug-likeness (QED) is 0.689. The molecule has 0 N–H and O–H groups in total. The Morgan fingerprint density at radius 3 is 2.52 bits per heavy atom. The molecular weight excluding hydrogens is 290 g/mol. The lowest BCUT2D eigenvalue weighted by molar-refractivity contribution is -0.147. The summed E-state index contributed by atoms with van der Waals surface area (Å²) < 4.78 is 10.9. The van der Waals surface area contributed by atoms with E-state index >= 15 is 0 Å². The third-order valence-corrected chi connectivity index (χ3v) is 4.28. The van der Waals surface area contributed by atoms with Crippen molar-refractivity contribution in [2.45, 2.75) is 39.5 Å². The number of carbonyl (C=O) groups is 1. The number of ether oxygens (including phenoxy) is 2. The predicted octanol–water partition coefficient (Wildman–Crippen LogP) is 3.29. The second-order valence-corrected chi connectivity index (χ2v) is 6.25. The van der Waals surface area contributed by atoms with Crippen LogP contribution in [0.1, 0.15) is 38.7 Å². The summed E-state index contributed by atoms with van der Waals surface area (Å²) in [6, 6.07) is 8.05. The summed E-state index contributed by atoms with van der Waals surface area (Å²) in [4.78, 5) is 14.1. The van der Waals surface area contributed by atoms with Gasteiger partial charge in [-0.15, -0.1) is 0 Å². The van der Waals surface area contributed by atoms with Gasteiger partial charge in [0.1, 0.15) is 12.4 Å². The number of likely N-dealkylation sites (tertiary alicyclic amines) is 1. The van der Waals surface area contributed by atoms with Crippen LogP contribution >= 0.6 is 0 Å². The predicted molar refractivity (Wildman–Crippen MR) is 91.7 cm³/mol. The summed E-state index contributed by atoms with van der Waals surface area (Å²) in [7, 11) is 0. The number of hydrogen-bond donors (Lipinski definition) is 0. The van der Waals surface area contributed by atoms with E-state index in [1.807, 2.05) is 38.1 Å². The van der Waals surface area contributed by atoms with Crippen molar-refractivity contribution in [3.63, 3.8) is 0 Å². The Labute approximate surface area is 139 Å². The number of nitrogens with zero attached hydrogens (tertiary/aromatic N) is 1. The zero-order valence-electron chi connectivity index (χ0n) is 14.4. The molecule has 1 saturated heterocycles. The van der Waals surface area contributed by atoms with Crippen LogP contribution in [0, 0.1) is 5.92 Å². The van der Waals surface area contributed by atoms with Crippen molar-refractivity contribution in [2.75, 3.05) is 32.8 Å². The van der Waals surface area contributed by atoms with E-state index in [0.29, 0.717) is 13.0 Å². The van der Waals surface area contributed by atoms with Crippen molar-refractivity contribution in [2.24, 2.45) is 5.92 Å². The van der Waals surface area contributed by atoms with Crippen molar-refractivity contribution in [3.05, 3.63) is 29.8 Å². The van der Waals surface area contributed by atoms with Crippen molar-refractivity contribution in [1.82, 2.24) is 4.90 Å². The highest BCUT2D eigenvalue weighted by Crippen LogP contribution is 2.16. The number of hydrogen-bond acceptors (Lipinski definition) is 4. The topological polar surface area (TPSA) is 38.8 Å². The molecule has 1 fully saturated rings. The van der Waals surface area contributed by atoms with Crippen LogP contribution in [0.3, 0.4) is 0 Å². The summed E-state index contributed by atoms with van der Waals surface area (Å²) in [6.45, 7) is 8.32. The molecule has 0 saturated carbocycles. The van der Waals surface area contributed by atoms with Gasteiger partial charge in [0, 0.05) is 6.54 Å². The molecule has 4 heteroatoms. The molecule has 1 atom stereocenters. The van der Waals surface area contributed by atoms with Crippen LogP contribution in [-0.4, -0.2) is 43.7 Å². The second-order valence-electron chi connectivity index (χ2n) is 6.25. The maximum absolute atomic E-state index is 11.7. The second kappa shape index (κ2) is 9.56. The fourth-order valence-electron chi connectivity index (χ4n) is 2.92. The van der Waals surface area contributed by atoms with Crippen molar-refractivity contribution in [1.29, 1.82) is 0 Å². The summed E-state index contributed by atoms with van der Waals surface area (Å²) in [5.41, 5.74) is 1.13. The van der Waals surface area contributed by atoms with Gasteiger partial charge in [-0.05, 0) is 57.0 Å². The SMILES string of the molecule is CCOC(=O)C(C)Cc1ccc(OCCN2CCCCC2)cc1. The number of esters is 1. The average molecular weight is 319 g/mol. The molecule has 0 aromatic heterocycles. The first-order chi connectivity index (χ1) is 11.2. The molecule has 1 aromatic rings. The van der Waals surface area contributed by atoms with E-state index in [0.717, 1.165) is 24.5 Å². The Kier molecular flexibility index (Phi) is 7.40. The van der Waals surface area contributed by atoms with E-state index in [4.69, 9.17) is 9.47 Å². The molecule has 1 aliphatic heterocycles. The normalized spacial score (nSPS) is 16.8. The van der Waals surface area contributed by atoms with Crippen LogP contribution in [0.5, 0.6) is 5.75 Å². The number of piperidine rings is 1. The lowest BCUT2D eigenvalue weighted by atomic mass is 10.0. The first-order valence-electron chi connectivity index (χ1n) is 8.79. The van der Waals surface area contributed by atoms with Gasteiger partial charge in [-0.2, -0.15) is 0 Å². The maximum atomic E-state index is 11.7. The molecule has 0 aliphatic carbocycles. The third-order valence-electron chi connectivity index (χ3n) is 4.28. The van der Waals surface area contributed by atoms with Crippen LogP contribution < -0.4 is 4.74 Å². The fraction of sp³-hybridized carbons (Fsp3) is 0.632. The van der Waals surface area contributed by atoms with Crippen molar-refractivity contribution >= 4 is 5.97 Å². The summed E-state index contributed by atoms with van der Waals surface area (Å²) in [5, 5.41) is 0. The maximum Gasteiger partial charge on any atom is 0.308 e. The highest BCUT2D eigenvalue weighted by atomic mass is 16.5. The molecule has 0 amide bonds. The van der Waals surface area contributed by atoms with Gasteiger partial charge < -0.3 is 9.47 Å². The Morgan fingerprint density at radius 1 is 1.17 bits per heavy atom. The summed E-state index contributed by atoms with van der Waals surface area (Å²) in [6.07, 6.45) is 4.69.